The van der Waals surface area contributed by atoms with Crippen molar-refractivity contribution >= 4 is 11.8 Å². The molecule has 0 saturated carbocycles. The van der Waals surface area contributed by atoms with Gasteiger partial charge in [-0.05, 0) is 44.2 Å². The number of aliphatic hydroxyl groups is 1. The van der Waals surface area contributed by atoms with Gasteiger partial charge in [0.15, 0.2) is 10.9 Å². The number of allylic oxidation sites excluding steroid dienone is 2. The van der Waals surface area contributed by atoms with Gasteiger partial charge in [-0.15, -0.1) is 0 Å². The number of hydrogen-bond donors (Lipinski definition) is 2. The molecule has 0 amide bonds. The Bertz CT molecular complexity index is 730. The average molecular weight is 491 g/mol. The van der Waals surface area contributed by atoms with Crippen molar-refractivity contribution in [1.29, 1.82) is 0 Å². The van der Waals surface area contributed by atoms with E-state index in [1.54, 1.807) is 12.5 Å². The van der Waals surface area contributed by atoms with Crippen LogP contribution in [0.15, 0.2) is 46.3 Å². The van der Waals surface area contributed by atoms with E-state index in [0.717, 1.165) is 29.6 Å². The first-order valence-electron chi connectivity index (χ1n) is 13.4. The number of unbranched alkanes of at least 4 members (excludes halogenated alkanes) is 12. The van der Waals surface area contributed by atoms with Gasteiger partial charge in [0.05, 0.1) is 25.2 Å². The predicted molar refractivity (Wildman–Crippen MR) is 143 cm³/mol. The van der Waals surface area contributed by atoms with Crippen LogP contribution in [0.1, 0.15) is 96.8 Å². The average Bonchev–Trinajstić information content (AvgIpc) is 3.54. The Morgan fingerprint density at radius 3 is 2.35 bits per heavy atom. The minimum absolute atomic E-state index is 0.379. The van der Waals surface area contributed by atoms with Crippen molar-refractivity contribution in [2.24, 2.45) is 0 Å². The Morgan fingerprint density at radius 1 is 1.00 bits per heavy atom. The summed E-state index contributed by atoms with van der Waals surface area (Å²) < 4.78 is 11.0. The first-order chi connectivity index (χ1) is 16.8. The van der Waals surface area contributed by atoms with Crippen LogP contribution in [-0.2, 0) is 4.74 Å². The number of hydrogen-bond acceptors (Lipinski definition) is 5. The molecule has 0 aliphatic carbocycles. The largest absolute Gasteiger partial charge is 0.463 e. The first-order valence-corrected chi connectivity index (χ1v) is 14.4. The van der Waals surface area contributed by atoms with Crippen LogP contribution in [0.2, 0.25) is 0 Å². The fraction of sp³-hybridized carbons (Fsp3) is 0.679. The summed E-state index contributed by atoms with van der Waals surface area (Å²) in [5.74, 6) is 1.32. The molecule has 2 heterocycles. The van der Waals surface area contributed by atoms with E-state index in [9.17, 15) is 5.11 Å². The van der Waals surface area contributed by atoms with E-state index in [1.807, 2.05) is 12.1 Å². The van der Waals surface area contributed by atoms with Crippen LogP contribution in [0.5, 0.6) is 0 Å². The molecule has 0 fully saturated rings. The molecule has 0 radical (unpaired) electrons. The number of furan rings is 1. The minimum atomic E-state index is -0.490. The van der Waals surface area contributed by atoms with E-state index in [4.69, 9.17) is 9.15 Å². The van der Waals surface area contributed by atoms with Crippen LogP contribution in [0.3, 0.4) is 0 Å². The molecule has 0 bridgehead atoms. The van der Waals surface area contributed by atoms with E-state index in [2.05, 4.69) is 29.0 Å². The fourth-order valence-electron chi connectivity index (χ4n) is 3.83. The standard InChI is InChI=1S/C28H46N2O3S/c1-2-3-4-5-6-7-8-9-10-11-12-13-14-15-16-17-20-32-23-25(31)24-34-28-29-22-26(30-28)27-19-18-21-33-27/h9-10,18-19,21-22,25,31H,2-8,11-17,20,23-24H2,1H3,(H,29,30)/b10-9-. The smallest absolute Gasteiger partial charge is 0.165 e. The predicted octanol–water partition coefficient (Wildman–Crippen LogP) is 8.18. The molecule has 0 spiro atoms. The van der Waals surface area contributed by atoms with Crippen LogP contribution in [0.4, 0.5) is 0 Å². The van der Waals surface area contributed by atoms with Gasteiger partial charge in [0.25, 0.3) is 0 Å². The summed E-state index contributed by atoms with van der Waals surface area (Å²) in [6, 6.07) is 3.74. The summed E-state index contributed by atoms with van der Waals surface area (Å²) in [6.07, 6.45) is 26.0. The lowest BCUT2D eigenvalue weighted by atomic mass is 10.1. The molecule has 1 unspecified atom stereocenters. The maximum atomic E-state index is 10.1. The highest BCUT2D eigenvalue weighted by atomic mass is 32.2. The number of rotatable bonds is 22. The number of nitrogens with zero attached hydrogens (tertiary/aromatic N) is 1. The summed E-state index contributed by atoms with van der Waals surface area (Å²) in [5.41, 5.74) is 0.846. The topological polar surface area (TPSA) is 71.3 Å². The van der Waals surface area contributed by atoms with Gasteiger partial charge in [-0.3, -0.25) is 0 Å². The maximum absolute atomic E-state index is 10.1. The van der Waals surface area contributed by atoms with Crippen molar-refractivity contribution in [2.45, 2.75) is 108 Å². The zero-order chi connectivity index (χ0) is 24.1. The molecule has 0 aromatic carbocycles. The van der Waals surface area contributed by atoms with Gasteiger partial charge in [-0.25, -0.2) is 4.98 Å². The van der Waals surface area contributed by atoms with Crippen molar-refractivity contribution in [3.8, 4) is 11.5 Å². The number of imidazole rings is 1. The number of thioether (sulfide) groups is 1. The van der Waals surface area contributed by atoms with Crippen molar-refractivity contribution in [1.82, 2.24) is 9.97 Å². The Hall–Kier alpha value is -1.50. The second-order valence-electron chi connectivity index (χ2n) is 9.06. The summed E-state index contributed by atoms with van der Waals surface area (Å²) in [6.45, 7) is 3.38. The highest BCUT2D eigenvalue weighted by molar-refractivity contribution is 7.99. The third-order valence-corrected chi connectivity index (χ3v) is 6.89. The van der Waals surface area contributed by atoms with Gasteiger partial charge < -0.3 is 19.2 Å². The number of aliphatic hydroxyl groups excluding tert-OH is 1. The summed E-state index contributed by atoms with van der Waals surface area (Å²) in [7, 11) is 0. The molecular formula is C28H46N2O3S. The van der Waals surface area contributed by atoms with Crippen molar-refractivity contribution in [3.63, 3.8) is 0 Å². The lowest BCUT2D eigenvalue weighted by Crippen LogP contribution is -2.18. The van der Waals surface area contributed by atoms with E-state index in [0.29, 0.717) is 12.4 Å². The molecule has 2 rings (SSSR count). The second-order valence-corrected chi connectivity index (χ2v) is 10.1. The van der Waals surface area contributed by atoms with E-state index >= 15 is 0 Å². The van der Waals surface area contributed by atoms with E-state index < -0.39 is 6.10 Å². The molecule has 1 atom stereocenters. The molecule has 0 saturated heterocycles. The molecule has 2 N–H and O–H groups in total. The summed E-state index contributed by atoms with van der Waals surface area (Å²) in [5, 5.41) is 10.9. The third-order valence-electron chi connectivity index (χ3n) is 5.86. The molecule has 192 valence electrons. The monoisotopic (exact) mass is 490 g/mol. The highest BCUT2D eigenvalue weighted by Gasteiger charge is 2.09. The van der Waals surface area contributed by atoms with Crippen LogP contribution in [-0.4, -0.2) is 40.1 Å². The molecule has 2 aromatic heterocycles. The zero-order valence-electron chi connectivity index (χ0n) is 21.2. The van der Waals surface area contributed by atoms with Gasteiger partial charge in [-0.2, -0.15) is 0 Å². The lowest BCUT2D eigenvalue weighted by Gasteiger charge is -2.10. The fourth-order valence-corrected chi connectivity index (χ4v) is 4.58. The maximum Gasteiger partial charge on any atom is 0.165 e. The summed E-state index contributed by atoms with van der Waals surface area (Å²) in [4.78, 5) is 7.52. The molecular weight excluding hydrogens is 444 g/mol. The highest BCUT2D eigenvalue weighted by Crippen LogP contribution is 2.22. The molecule has 0 aliphatic rings. The van der Waals surface area contributed by atoms with Gasteiger partial charge in [0.2, 0.25) is 0 Å². The molecule has 5 nitrogen and oxygen atoms in total. The Labute approximate surface area is 211 Å². The van der Waals surface area contributed by atoms with Crippen LogP contribution in [0, 0.1) is 0 Å². The van der Waals surface area contributed by atoms with Gasteiger partial charge in [0, 0.05) is 12.4 Å². The lowest BCUT2D eigenvalue weighted by molar-refractivity contribution is 0.0467. The van der Waals surface area contributed by atoms with Crippen LogP contribution in [0.25, 0.3) is 11.5 Å². The molecule has 34 heavy (non-hydrogen) atoms. The number of ether oxygens (including phenoxy) is 1. The van der Waals surface area contributed by atoms with Gasteiger partial charge in [-0.1, -0.05) is 88.6 Å². The number of aromatic amines is 1. The normalized spacial score (nSPS) is 12.6. The zero-order valence-corrected chi connectivity index (χ0v) is 22.0. The van der Waals surface area contributed by atoms with Gasteiger partial charge in [0.1, 0.15) is 5.69 Å². The van der Waals surface area contributed by atoms with Crippen molar-refractivity contribution in [2.75, 3.05) is 19.0 Å². The van der Waals surface area contributed by atoms with E-state index in [-0.39, 0.29) is 0 Å². The first kappa shape index (κ1) is 28.7. The molecule has 2 aromatic rings. The number of H-pyrrole nitrogens is 1. The quantitative estimate of drug-likeness (QED) is 0.0989. The van der Waals surface area contributed by atoms with Crippen LogP contribution >= 0.6 is 11.8 Å². The Kier molecular flexibility index (Phi) is 16.7. The van der Waals surface area contributed by atoms with Gasteiger partial charge >= 0.3 is 0 Å². The van der Waals surface area contributed by atoms with Crippen molar-refractivity contribution < 1.29 is 14.3 Å². The Balaban J connectivity index is 1.32. The van der Waals surface area contributed by atoms with Crippen molar-refractivity contribution in [3.05, 3.63) is 36.7 Å². The Morgan fingerprint density at radius 2 is 1.68 bits per heavy atom. The summed E-state index contributed by atoms with van der Waals surface area (Å²) >= 11 is 1.49. The van der Waals surface area contributed by atoms with E-state index in [1.165, 1.54) is 95.2 Å². The second kappa shape index (κ2) is 19.8. The SMILES string of the molecule is CCCCCCCC/C=C\CCCCCCCCOCC(O)CSc1ncc(-c2ccco2)[nH]1. The minimum Gasteiger partial charge on any atom is -0.463 e. The van der Waals surface area contributed by atoms with Crippen LogP contribution < -0.4 is 0 Å². The third kappa shape index (κ3) is 14.0. The number of aromatic nitrogens is 2. The molecule has 6 heteroatoms. The molecule has 0 aliphatic heterocycles. The number of nitrogens with one attached hydrogen (secondary N) is 1.